The van der Waals surface area contributed by atoms with Gasteiger partial charge in [0.2, 0.25) is 5.91 Å². The molecule has 2 amide bonds. The van der Waals surface area contributed by atoms with Gasteiger partial charge >= 0.3 is 0 Å². The third-order valence-electron chi connectivity index (χ3n) is 5.50. The minimum absolute atomic E-state index is 0.00640. The Kier molecular flexibility index (Phi) is 11.0. The van der Waals surface area contributed by atoms with Crippen LogP contribution in [0, 0.1) is 0 Å². The van der Waals surface area contributed by atoms with Crippen molar-refractivity contribution in [1.29, 1.82) is 0 Å². The first-order chi connectivity index (χ1) is 15.7. The van der Waals surface area contributed by atoms with Gasteiger partial charge in [-0.2, -0.15) is 0 Å². The minimum atomic E-state index is -0.659. The second kappa shape index (κ2) is 13.2. The van der Waals surface area contributed by atoms with E-state index in [1.807, 2.05) is 39.0 Å². The fourth-order valence-corrected chi connectivity index (χ4v) is 4.31. The minimum Gasteiger partial charge on any atom is -0.483 e. The molecule has 0 saturated heterocycles. The Morgan fingerprint density at radius 2 is 1.82 bits per heavy atom. The van der Waals surface area contributed by atoms with Crippen molar-refractivity contribution in [3.63, 3.8) is 0 Å². The van der Waals surface area contributed by atoms with Gasteiger partial charge in [-0.05, 0) is 77.5 Å². The SMILES string of the molecule is CCc1ccc(OCC(=O)N(Cc2ccc(Cl)cc2Cl)[C@@H](CC)C(=O)N[C@H](C)CC)c(Br)c1. The molecule has 0 heterocycles. The molecule has 33 heavy (non-hydrogen) atoms. The van der Waals surface area contributed by atoms with Crippen LogP contribution >= 0.6 is 39.1 Å². The van der Waals surface area contributed by atoms with Crippen LogP contribution < -0.4 is 10.1 Å². The van der Waals surface area contributed by atoms with Crippen LogP contribution in [0.15, 0.2) is 40.9 Å². The number of nitrogens with zero attached hydrogens (tertiary/aromatic N) is 1. The molecular formula is C25H31BrCl2N2O3. The average Bonchev–Trinajstić information content (AvgIpc) is 2.79. The van der Waals surface area contributed by atoms with Gasteiger partial charge in [-0.1, -0.05) is 56.1 Å². The summed E-state index contributed by atoms with van der Waals surface area (Å²) < 4.78 is 6.60. The van der Waals surface area contributed by atoms with Crippen LogP contribution in [0.25, 0.3) is 0 Å². The van der Waals surface area contributed by atoms with Gasteiger partial charge in [0.15, 0.2) is 6.61 Å². The van der Waals surface area contributed by atoms with E-state index in [1.165, 1.54) is 4.90 Å². The lowest BCUT2D eigenvalue weighted by molar-refractivity contribution is -0.143. The molecule has 0 aromatic heterocycles. The maximum absolute atomic E-state index is 13.3. The highest BCUT2D eigenvalue weighted by atomic mass is 79.9. The van der Waals surface area contributed by atoms with Crippen LogP contribution in [-0.4, -0.2) is 35.4 Å². The molecule has 1 N–H and O–H groups in total. The van der Waals surface area contributed by atoms with E-state index in [1.54, 1.807) is 18.2 Å². The molecule has 0 saturated carbocycles. The molecule has 0 spiro atoms. The Bertz CT molecular complexity index is 971. The molecule has 2 rings (SSSR count). The second-order valence-corrected chi connectivity index (χ2v) is 9.60. The third-order valence-corrected chi connectivity index (χ3v) is 6.71. The van der Waals surface area contributed by atoms with Crippen molar-refractivity contribution < 1.29 is 14.3 Å². The summed E-state index contributed by atoms with van der Waals surface area (Å²) in [4.78, 5) is 27.9. The summed E-state index contributed by atoms with van der Waals surface area (Å²) in [5.74, 6) is 0.0690. The zero-order chi connectivity index (χ0) is 24.5. The van der Waals surface area contributed by atoms with Crippen LogP contribution in [-0.2, 0) is 22.6 Å². The Hall–Kier alpha value is -1.76. The molecule has 0 fully saturated rings. The quantitative estimate of drug-likeness (QED) is 0.347. The maximum atomic E-state index is 13.3. The van der Waals surface area contributed by atoms with Crippen molar-refractivity contribution in [2.75, 3.05) is 6.61 Å². The molecule has 2 aromatic carbocycles. The van der Waals surface area contributed by atoms with E-state index in [-0.39, 0.29) is 31.0 Å². The predicted octanol–water partition coefficient (Wildman–Crippen LogP) is 6.42. The van der Waals surface area contributed by atoms with Crippen molar-refractivity contribution in [1.82, 2.24) is 10.2 Å². The van der Waals surface area contributed by atoms with Crippen molar-refractivity contribution in [3.8, 4) is 5.75 Å². The lowest BCUT2D eigenvalue weighted by Crippen LogP contribution is -2.51. The van der Waals surface area contributed by atoms with E-state index in [2.05, 4.69) is 28.2 Å². The fourth-order valence-electron chi connectivity index (χ4n) is 3.30. The van der Waals surface area contributed by atoms with Crippen LogP contribution in [0.3, 0.4) is 0 Å². The summed E-state index contributed by atoms with van der Waals surface area (Å²) in [6.07, 6.45) is 2.15. The molecule has 8 heteroatoms. The zero-order valence-corrected chi connectivity index (χ0v) is 22.6. The first kappa shape index (κ1) is 27.5. The molecule has 0 aliphatic rings. The summed E-state index contributed by atoms with van der Waals surface area (Å²) in [5.41, 5.74) is 1.87. The Morgan fingerprint density at radius 1 is 1.09 bits per heavy atom. The Labute approximate surface area is 214 Å². The zero-order valence-electron chi connectivity index (χ0n) is 19.5. The molecule has 0 unspecified atom stereocenters. The fraction of sp³-hybridized carbons (Fsp3) is 0.440. The highest BCUT2D eigenvalue weighted by Crippen LogP contribution is 2.27. The summed E-state index contributed by atoms with van der Waals surface area (Å²) in [7, 11) is 0. The highest BCUT2D eigenvalue weighted by Gasteiger charge is 2.30. The van der Waals surface area contributed by atoms with Gasteiger partial charge in [0.1, 0.15) is 11.8 Å². The maximum Gasteiger partial charge on any atom is 0.261 e. The smallest absolute Gasteiger partial charge is 0.261 e. The monoisotopic (exact) mass is 556 g/mol. The number of benzene rings is 2. The van der Waals surface area contributed by atoms with Gasteiger partial charge in [-0.3, -0.25) is 9.59 Å². The van der Waals surface area contributed by atoms with Gasteiger partial charge in [0.25, 0.3) is 5.91 Å². The number of nitrogens with one attached hydrogen (secondary N) is 1. The summed E-state index contributed by atoms with van der Waals surface area (Å²) in [6.45, 7) is 7.85. The molecule has 2 aromatic rings. The van der Waals surface area contributed by atoms with E-state index < -0.39 is 6.04 Å². The van der Waals surface area contributed by atoms with E-state index in [0.717, 1.165) is 22.9 Å². The standard InChI is InChI=1S/C25H31BrCl2N2O3/c1-5-16(4)29-25(32)22(7-3)30(14-18-9-10-19(27)13-21(18)28)24(31)15-33-23-11-8-17(6-2)12-20(23)26/h8-13,16,22H,5-7,14-15H2,1-4H3,(H,29,32)/t16-,22+/m1/s1. The molecule has 0 radical (unpaired) electrons. The first-order valence-corrected chi connectivity index (χ1v) is 12.7. The molecular weight excluding hydrogens is 527 g/mol. The lowest BCUT2D eigenvalue weighted by Gasteiger charge is -2.31. The first-order valence-electron chi connectivity index (χ1n) is 11.1. The molecule has 0 bridgehead atoms. The number of aryl methyl sites for hydroxylation is 1. The van der Waals surface area contributed by atoms with Gasteiger partial charge in [-0.15, -0.1) is 0 Å². The number of rotatable bonds is 11. The molecule has 2 atom stereocenters. The number of carbonyl (C=O) groups is 2. The molecule has 5 nitrogen and oxygen atoms in total. The number of ether oxygens (including phenoxy) is 1. The summed E-state index contributed by atoms with van der Waals surface area (Å²) in [5, 5.41) is 3.93. The largest absolute Gasteiger partial charge is 0.483 e. The van der Waals surface area contributed by atoms with E-state index in [0.29, 0.717) is 27.8 Å². The lowest BCUT2D eigenvalue weighted by atomic mass is 10.1. The van der Waals surface area contributed by atoms with Gasteiger partial charge < -0.3 is 15.0 Å². The Morgan fingerprint density at radius 3 is 2.39 bits per heavy atom. The topological polar surface area (TPSA) is 58.6 Å². The van der Waals surface area contributed by atoms with Gasteiger partial charge in [0, 0.05) is 22.6 Å². The van der Waals surface area contributed by atoms with Crippen LogP contribution in [0.1, 0.15) is 51.7 Å². The Balaban J connectivity index is 2.27. The van der Waals surface area contributed by atoms with Crippen molar-refractivity contribution in [2.24, 2.45) is 0 Å². The predicted molar refractivity (Wildman–Crippen MR) is 138 cm³/mol. The van der Waals surface area contributed by atoms with E-state index in [9.17, 15) is 9.59 Å². The summed E-state index contributed by atoms with van der Waals surface area (Å²) in [6, 6.07) is 10.2. The third kappa shape index (κ3) is 7.90. The normalized spacial score (nSPS) is 12.7. The van der Waals surface area contributed by atoms with E-state index in [4.69, 9.17) is 27.9 Å². The van der Waals surface area contributed by atoms with Crippen LogP contribution in [0.2, 0.25) is 10.0 Å². The van der Waals surface area contributed by atoms with Crippen molar-refractivity contribution in [3.05, 3.63) is 62.0 Å². The number of hydrogen-bond acceptors (Lipinski definition) is 3. The number of carbonyl (C=O) groups excluding carboxylic acids is 2. The van der Waals surface area contributed by atoms with Crippen LogP contribution in [0.4, 0.5) is 0 Å². The molecule has 0 aliphatic heterocycles. The second-order valence-electron chi connectivity index (χ2n) is 7.91. The van der Waals surface area contributed by atoms with Crippen LogP contribution in [0.5, 0.6) is 5.75 Å². The number of halogens is 3. The van der Waals surface area contributed by atoms with Gasteiger partial charge in [0.05, 0.1) is 4.47 Å². The molecule has 180 valence electrons. The summed E-state index contributed by atoms with van der Waals surface area (Å²) >= 11 is 15.9. The highest BCUT2D eigenvalue weighted by molar-refractivity contribution is 9.10. The van der Waals surface area contributed by atoms with Crippen molar-refractivity contribution in [2.45, 2.75) is 65.6 Å². The van der Waals surface area contributed by atoms with Crippen molar-refractivity contribution >= 4 is 50.9 Å². The molecule has 0 aliphatic carbocycles. The number of amides is 2. The van der Waals surface area contributed by atoms with E-state index >= 15 is 0 Å². The van der Waals surface area contributed by atoms with Gasteiger partial charge in [-0.25, -0.2) is 0 Å². The number of hydrogen-bond donors (Lipinski definition) is 1. The average molecular weight is 558 g/mol.